The zero-order chi connectivity index (χ0) is 10.1. The van der Waals surface area contributed by atoms with E-state index in [0.29, 0.717) is 10.3 Å². The Bertz CT molecular complexity index is 470. The van der Waals surface area contributed by atoms with Crippen molar-refractivity contribution in [1.29, 1.82) is 0 Å². The Morgan fingerprint density at radius 2 is 2.21 bits per heavy atom. The van der Waals surface area contributed by atoms with Gasteiger partial charge in [0.15, 0.2) is 5.82 Å². The molecule has 5 heteroatoms. The molecule has 2 rings (SSSR count). The molecule has 0 aliphatic carbocycles. The fourth-order valence-corrected chi connectivity index (χ4v) is 1.80. The van der Waals surface area contributed by atoms with E-state index in [9.17, 15) is 4.39 Å². The number of hydrogen-bond donors (Lipinski definition) is 0. The summed E-state index contributed by atoms with van der Waals surface area (Å²) in [5, 5.41) is 0. The fourth-order valence-electron chi connectivity index (χ4n) is 1.19. The van der Waals surface area contributed by atoms with Gasteiger partial charge in [0.2, 0.25) is 4.47 Å². The topological polar surface area (TPSA) is 25.8 Å². The molecule has 2 nitrogen and oxygen atoms in total. The molecule has 0 unspecified atom stereocenters. The maximum absolute atomic E-state index is 12.8. The molecule has 0 saturated heterocycles. The summed E-state index contributed by atoms with van der Waals surface area (Å²) in [6.45, 7) is 1.81. The second kappa shape index (κ2) is 3.63. The van der Waals surface area contributed by atoms with Crippen molar-refractivity contribution < 1.29 is 4.39 Å². The van der Waals surface area contributed by atoms with Crippen LogP contribution >= 0.6 is 23.1 Å². The van der Waals surface area contributed by atoms with E-state index in [1.54, 1.807) is 6.07 Å². The van der Waals surface area contributed by atoms with Gasteiger partial charge in [-0.15, -0.1) is 0 Å². The Hall–Kier alpha value is -1.00. The van der Waals surface area contributed by atoms with E-state index in [1.165, 1.54) is 12.1 Å². The molecule has 72 valence electrons. The van der Waals surface area contributed by atoms with Gasteiger partial charge in [-0.3, -0.25) is 0 Å². The Labute approximate surface area is 89.5 Å². The average molecular weight is 229 g/mol. The summed E-state index contributed by atoms with van der Waals surface area (Å²) in [4.78, 5) is 4.02. The molecule has 0 bridgehead atoms. The third kappa shape index (κ3) is 1.76. The average Bonchev–Trinajstić information content (AvgIpc) is 2.51. The van der Waals surface area contributed by atoms with E-state index in [1.807, 2.05) is 6.92 Å². The molecule has 1 aromatic heterocycles. The lowest BCUT2D eigenvalue weighted by molar-refractivity contribution is 0.627. The molecule has 1 aromatic carbocycles. The molecular formula is C9H6ClFN2S. The van der Waals surface area contributed by atoms with E-state index in [-0.39, 0.29) is 5.82 Å². The van der Waals surface area contributed by atoms with Gasteiger partial charge in [-0.25, -0.2) is 9.37 Å². The number of aryl methyl sites for hydroxylation is 1. The maximum Gasteiger partial charge on any atom is 0.203 e. The van der Waals surface area contributed by atoms with Crippen molar-refractivity contribution in [3.8, 4) is 11.4 Å². The van der Waals surface area contributed by atoms with Crippen LogP contribution in [0.5, 0.6) is 0 Å². The summed E-state index contributed by atoms with van der Waals surface area (Å²) in [5.74, 6) is 0.296. The standard InChI is InChI=1S/C9H6ClFN2S/c1-5-4-6(11)2-3-7(5)8-12-9(10)14-13-8/h2-4H,1H3. The second-order valence-corrected chi connectivity index (χ2v) is 4.16. The Kier molecular flexibility index (Phi) is 2.48. The highest BCUT2D eigenvalue weighted by Gasteiger charge is 2.08. The summed E-state index contributed by atoms with van der Waals surface area (Å²) >= 11 is 6.79. The van der Waals surface area contributed by atoms with Crippen LogP contribution in [0.15, 0.2) is 18.2 Å². The SMILES string of the molecule is Cc1cc(F)ccc1-c1nsc(Cl)n1. The molecular weight excluding hydrogens is 223 g/mol. The zero-order valence-electron chi connectivity index (χ0n) is 7.29. The monoisotopic (exact) mass is 228 g/mol. The lowest BCUT2D eigenvalue weighted by atomic mass is 10.1. The number of halogens is 2. The normalized spacial score (nSPS) is 10.5. The highest BCUT2D eigenvalue weighted by Crippen LogP contribution is 2.24. The van der Waals surface area contributed by atoms with Gasteiger partial charge in [-0.1, -0.05) is 0 Å². The van der Waals surface area contributed by atoms with Gasteiger partial charge in [0.1, 0.15) is 5.82 Å². The van der Waals surface area contributed by atoms with Gasteiger partial charge >= 0.3 is 0 Å². The molecule has 0 atom stereocenters. The molecule has 0 fully saturated rings. The maximum atomic E-state index is 12.8. The molecule has 0 amide bonds. The van der Waals surface area contributed by atoms with Gasteiger partial charge < -0.3 is 0 Å². The van der Waals surface area contributed by atoms with Crippen LogP contribution in [-0.4, -0.2) is 9.36 Å². The van der Waals surface area contributed by atoms with Crippen molar-refractivity contribution in [2.24, 2.45) is 0 Å². The van der Waals surface area contributed by atoms with Crippen LogP contribution < -0.4 is 0 Å². The Morgan fingerprint density at radius 1 is 1.43 bits per heavy atom. The molecule has 0 radical (unpaired) electrons. The zero-order valence-corrected chi connectivity index (χ0v) is 8.86. The molecule has 0 aliphatic heterocycles. The van der Waals surface area contributed by atoms with Crippen LogP contribution in [0.1, 0.15) is 5.56 Å². The van der Waals surface area contributed by atoms with Crippen molar-refractivity contribution in [2.75, 3.05) is 0 Å². The first kappa shape index (κ1) is 9.55. The van der Waals surface area contributed by atoms with Crippen molar-refractivity contribution in [2.45, 2.75) is 6.92 Å². The van der Waals surface area contributed by atoms with Crippen molar-refractivity contribution in [1.82, 2.24) is 9.36 Å². The van der Waals surface area contributed by atoms with Crippen LogP contribution in [0.3, 0.4) is 0 Å². The highest BCUT2D eigenvalue weighted by molar-refractivity contribution is 7.10. The van der Waals surface area contributed by atoms with Crippen LogP contribution in [0.2, 0.25) is 4.47 Å². The largest absolute Gasteiger partial charge is 0.207 e. The minimum Gasteiger partial charge on any atom is -0.207 e. The van der Waals surface area contributed by atoms with Gasteiger partial charge in [0, 0.05) is 5.56 Å². The molecule has 1 heterocycles. The lowest BCUT2D eigenvalue weighted by Crippen LogP contribution is -1.86. The van der Waals surface area contributed by atoms with Gasteiger partial charge in [0.25, 0.3) is 0 Å². The first-order chi connectivity index (χ1) is 6.66. The van der Waals surface area contributed by atoms with Crippen molar-refractivity contribution in [3.63, 3.8) is 0 Å². The number of aromatic nitrogens is 2. The Balaban J connectivity index is 2.52. The predicted octanol–water partition coefficient (Wildman–Crippen LogP) is 3.31. The molecule has 14 heavy (non-hydrogen) atoms. The van der Waals surface area contributed by atoms with Gasteiger partial charge in [-0.2, -0.15) is 4.37 Å². The van der Waals surface area contributed by atoms with E-state index in [0.717, 1.165) is 22.7 Å². The van der Waals surface area contributed by atoms with Gasteiger partial charge in [-0.05, 0) is 53.8 Å². The molecule has 2 aromatic rings. The quantitative estimate of drug-likeness (QED) is 0.749. The minimum atomic E-state index is -0.257. The number of nitrogens with zero attached hydrogens (tertiary/aromatic N) is 2. The van der Waals surface area contributed by atoms with Crippen LogP contribution in [0, 0.1) is 12.7 Å². The smallest absolute Gasteiger partial charge is 0.203 e. The number of hydrogen-bond acceptors (Lipinski definition) is 3. The third-order valence-electron chi connectivity index (χ3n) is 1.83. The first-order valence-electron chi connectivity index (χ1n) is 3.92. The van der Waals surface area contributed by atoms with E-state index < -0.39 is 0 Å². The van der Waals surface area contributed by atoms with Gasteiger partial charge in [0.05, 0.1) is 0 Å². The summed E-state index contributed by atoms with van der Waals surface area (Å²) in [6, 6.07) is 4.49. The summed E-state index contributed by atoms with van der Waals surface area (Å²) in [5.41, 5.74) is 1.62. The molecule has 0 aliphatic rings. The van der Waals surface area contributed by atoms with E-state index in [2.05, 4.69) is 9.36 Å². The van der Waals surface area contributed by atoms with E-state index >= 15 is 0 Å². The minimum absolute atomic E-state index is 0.257. The fraction of sp³-hybridized carbons (Fsp3) is 0.111. The van der Waals surface area contributed by atoms with Crippen LogP contribution in [0.25, 0.3) is 11.4 Å². The molecule has 0 spiro atoms. The first-order valence-corrected chi connectivity index (χ1v) is 5.07. The summed E-state index contributed by atoms with van der Waals surface area (Å²) < 4.78 is 17.2. The molecule has 0 N–H and O–H groups in total. The summed E-state index contributed by atoms with van der Waals surface area (Å²) in [6.07, 6.45) is 0. The summed E-state index contributed by atoms with van der Waals surface area (Å²) in [7, 11) is 0. The highest BCUT2D eigenvalue weighted by atomic mass is 35.5. The Morgan fingerprint density at radius 3 is 2.79 bits per heavy atom. The van der Waals surface area contributed by atoms with Crippen molar-refractivity contribution in [3.05, 3.63) is 34.0 Å². The van der Waals surface area contributed by atoms with Crippen molar-refractivity contribution >= 4 is 23.1 Å². The lowest BCUT2D eigenvalue weighted by Gasteiger charge is -2.00. The molecule has 0 saturated carbocycles. The predicted molar refractivity (Wildman–Crippen MR) is 55.1 cm³/mol. The van der Waals surface area contributed by atoms with Crippen LogP contribution in [0.4, 0.5) is 4.39 Å². The van der Waals surface area contributed by atoms with Crippen LogP contribution in [-0.2, 0) is 0 Å². The number of rotatable bonds is 1. The third-order valence-corrected chi connectivity index (χ3v) is 2.63. The second-order valence-electron chi connectivity index (χ2n) is 2.83. The van der Waals surface area contributed by atoms with E-state index in [4.69, 9.17) is 11.6 Å². The number of benzene rings is 1.